The molecule has 3 aromatic carbocycles. The zero-order valence-electron chi connectivity index (χ0n) is 18.9. The molecule has 4 rings (SSSR count). The molecule has 0 saturated heterocycles. The molecule has 4 heteroatoms. The number of phenolic OH excluding ortho intramolecular Hbond substituents is 2. The summed E-state index contributed by atoms with van der Waals surface area (Å²) in [5.74, 6) is 1.18. The second kappa shape index (κ2) is 9.13. The van der Waals surface area contributed by atoms with E-state index >= 15 is 0 Å². The van der Waals surface area contributed by atoms with Gasteiger partial charge in [0, 0.05) is 22.6 Å². The highest BCUT2D eigenvalue weighted by Gasteiger charge is 2.19. The lowest BCUT2D eigenvalue weighted by molar-refractivity contribution is 0.407. The highest BCUT2D eigenvalue weighted by molar-refractivity contribution is 5.90. The van der Waals surface area contributed by atoms with Crippen LogP contribution in [-0.2, 0) is 0 Å². The second-order valence-electron chi connectivity index (χ2n) is 7.73. The van der Waals surface area contributed by atoms with Crippen molar-refractivity contribution >= 4 is 28.7 Å². The molecule has 0 aliphatic carbocycles. The number of hydrogen-bond donors (Lipinski definition) is 2. The van der Waals surface area contributed by atoms with Crippen molar-refractivity contribution < 1.29 is 19.4 Å². The van der Waals surface area contributed by atoms with Gasteiger partial charge in [-0.2, -0.15) is 0 Å². The fourth-order valence-electron chi connectivity index (χ4n) is 3.90. The Labute approximate surface area is 193 Å². The molecule has 4 nitrogen and oxygen atoms in total. The lowest BCUT2D eigenvalue weighted by Gasteiger charge is -2.15. The quantitative estimate of drug-likeness (QED) is 0.324. The number of benzene rings is 3. The Morgan fingerprint density at radius 2 is 1.52 bits per heavy atom. The van der Waals surface area contributed by atoms with Crippen LogP contribution >= 0.6 is 0 Å². The van der Waals surface area contributed by atoms with Crippen molar-refractivity contribution in [2.75, 3.05) is 7.11 Å². The van der Waals surface area contributed by atoms with E-state index in [-0.39, 0.29) is 11.5 Å². The molecule has 0 spiro atoms. The smallest absolute Gasteiger partial charge is 0.139 e. The van der Waals surface area contributed by atoms with Crippen LogP contribution < -0.4 is 4.74 Å². The third kappa shape index (κ3) is 4.28. The standard InChI is InChI=1S/C29H26O4/c1-5-7-19-10-12-27-21(13-19)15-29(33-27)24-16-23(26(31)17-28(24)32-4)18(3)22-14-20(8-6-2)9-11-25(22)30/h5-17,30-31H,3H2,1-2,4H3. The van der Waals surface area contributed by atoms with Gasteiger partial charge in [-0.1, -0.05) is 43.0 Å². The van der Waals surface area contributed by atoms with Crippen molar-refractivity contribution in [3.8, 4) is 28.6 Å². The molecule has 0 fully saturated rings. The average Bonchev–Trinajstić information content (AvgIpc) is 3.23. The molecule has 0 aliphatic rings. The maximum atomic E-state index is 10.7. The van der Waals surface area contributed by atoms with Crippen LogP contribution in [0.5, 0.6) is 17.2 Å². The Balaban J connectivity index is 1.84. The summed E-state index contributed by atoms with van der Waals surface area (Å²) in [5, 5.41) is 22.2. The van der Waals surface area contributed by atoms with Crippen LogP contribution in [0.4, 0.5) is 0 Å². The molecular weight excluding hydrogens is 412 g/mol. The van der Waals surface area contributed by atoms with Gasteiger partial charge in [-0.25, -0.2) is 0 Å². The summed E-state index contributed by atoms with van der Waals surface area (Å²) >= 11 is 0. The molecule has 33 heavy (non-hydrogen) atoms. The van der Waals surface area contributed by atoms with Crippen molar-refractivity contribution in [1.82, 2.24) is 0 Å². The van der Waals surface area contributed by atoms with E-state index in [0.717, 1.165) is 22.1 Å². The minimum Gasteiger partial charge on any atom is -0.507 e. The van der Waals surface area contributed by atoms with E-state index < -0.39 is 0 Å². The highest BCUT2D eigenvalue weighted by atomic mass is 16.5. The van der Waals surface area contributed by atoms with Crippen molar-refractivity contribution in [2.45, 2.75) is 13.8 Å². The first-order valence-corrected chi connectivity index (χ1v) is 10.7. The highest BCUT2D eigenvalue weighted by Crippen LogP contribution is 2.42. The number of fused-ring (bicyclic) bond motifs is 1. The van der Waals surface area contributed by atoms with Crippen LogP contribution in [0, 0.1) is 0 Å². The molecule has 0 amide bonds. The van der Waals surface area contributed by atoms with Gasteiger partial charge in [-0.15, -0.1) is 0 Å². The molecule has 166 valence electrons. The monoisotopic (exact) mass is 438 g/mol. The first-order valence-electron chi connectivity index (χ1n) is 10.7. The SMILES string of the molecule is C=C(c1cc(C=CC)ccc1O)c1cc(-c2cc3cc(C=CC)ccc3o2)c(OC)cc1O. The van der Waals surface area contributed by atoms with E-state index in [4.69, 9.17) is 9.15 Å². The second-order valence-corrected chi connectivity index (χ2v) is 7.73. The minimum absolute atomic E-state index is 0.00270. The fourth-order valence-corrected chi connectivity index (χ4v) is 3.90. The Kier molecular flexibility index (Phi) is 6.09. The average molecular weight is 439 g/mol. The molecule has 4 aromatic rings. The van der Waals surface area contributed by atoms with Crippen molar-refractivity contribution in [3.63, 3.8) is 0 Å². The number of hydrogen-bond acceptors (Lipinski definition) is 4. The van der Waals surface area contributed by atoms with Gasteiger partial charge in [0.2, 0.25) is 0 Å². The van der Waals surface area contributed by atoms with Gasteiger partial charge in [-0.3, -0.25) is 0 Å². The molecule has 0 atom stereocenters. The van der Waals surface area contributed by atoms with Gasteiger partial charge in [-0.05, 0) is 66.9 Å². The normalized spacial score (nSPS) is 11.6. The van der Waals surface area contributed by atoms with E-state index in [9.17, 15) is 10.2 Å². The lowest BCUT2D eigenvalue weighted by atomic mass is 9.94. The predicted octanol–water partition coefficient (Wildman–Crippen LogP) is 7.65. The fraction of sp³-hybridized carbons (Fsp3) is 0.103. The lowest BCUT2D eigenvalue weighted by Crippen LogP contribution is -1.93. The van der Waals surface area contributed by atoms with Crippen molar-refractivity contribution in [1.29, 1.82) is 0 Å². The summed E-state index contributed by atoms with van der Waals surface area (Å²) in [4.78, 5) is 0. The molecule has 1 heterocycles. The van der Waals surface area contributed by atoms with E-state index in [0.29, 0.717) is 33.8 Å². The summed E-state index contributed by atoms with van der Waals surface area (Å²) in [6.07, 6.45) is 7.88. The van der Waals surface area contributed by atoms with Crippen molar-refractivity contribution in [3.05, 3.63) is 95.6 Å². The Hall–Kier alpha value is -4.18. The van der Waals surface area contributed by atoms with E-state index in [2.05, 4.69) is 12.6 Å². The number of furan rings is 1. The zero-order valence-corrected chi connectivity index (χ0v) is 18.9. The van der Waals surface area contributed by atoms with Gasteiger partial charge in [0.25, 0.3) is 0 Å². The molecular formula is C29H26O4. The summed E-state index contributed by atoms with van der Waals surface area (Å²) < 4.78 is 11.6. The number of ether oxygens (including phenoxy) is 1. The number of rotatable bonds is 6. The first-order chi connectivity index (χ1) is 15.9. The topological polar surface area (TPSA) is 62.8 Å². The third-order valence-corrected chi connectivity index (χ3v) is 5.51. The first kappa shape index (κ1) is 22.0. The molecule has 2 N–H and O–H groups in total. The van der Waals surface area contributed by atoms with Crippen LogP contribution in [0.3, 0.4) is 0 Å². The number of allylic oxidation sites excluding steroid dienone is 2. The summed E-state index contributed by atoms with van der Waals surface area (Å²) in [5.41, 5.74) is 4.96. The molecule has 0 unspecified atom stereocenters. The summed E-state index contributed by atoms with van der Waals surface area (Å²) in [6.45, 7) is 8.07. The van der Waals surface area contributed by atoms with Gasteiger partial charge in [0.15, 0.2) is 0 Å². The van der Waals surface area contributed by atoms with Crippen LogP contribution in [0.1, 0.15) is 36.1 Å². The van der Waals surface area contributed by atoms with Gasteiger partial charge >= 0.3 is 0 Å². The third-order valence-electron chi connectivity index (χ3n) is 5.51. The van der Waals surface area contributed by atoms with Crippen LogP contribution in [0.2, 0.25) is 0 Å². The zero-order chi connectivity index (χ0) is 23.5. The van der Waals surface area contributed by atoms with E-state index in [1.165, 1.54) is 0 Å². The molecule has 0 bridgehead atoms. The Morgan fingerprint density at radius 1 is 0.848 bits per heavy atom. The number of phenols is 2. The molecule has 0 aliphatic heterocycles. The van der Waals surface area contributed by atoms with Crippen LogP contribution in [0.15, 0.2) is 77.7 Å². The summed E-state index contributed by atoms with van der Waals surface area (Å²) in [7, 11) is 1.55. The number of methoxy groups -OCH3 is 1. The predicted molar refractivity (Wildman–Crippen MR) is 136 cm³/mol. The van der Waals surface area contributed by atoms with Crippen LogP contribution in [-0.4, -0.2) is 17.3 Å². The van der Waals surface area contributed by atoms with Gasteiger partial charge < -0.3 is 19.4 Å². The van der Waals surface area contributed by atoms with E-state index in [1.807, 2.05) is 68.5 Å². The molecule has 0 saturated carbocycles. The summed E-state index contributed by atoms with van der Waals surface area (Å²) in [6, 6.07) is 16.5. The number of aromatic hydroxyl groups is 2. The van der Waals surface area contributed by atoms with Crippen molar-refractivity contribution in [2.24, 2.45) is 0 Å². The minimum atomic E-state index is 0.00270. The Morgan fingerprint density at radius 3 is 2.21 bits per heavy atom. The maximum absolute atomic E-state index is 10.7. The Bertz CT molecular complexity index is 1400. The van der Waals surface area contributed by atoms with E-state index in [1.54, 1.807) is 25.3 Å². The maximum Gasteiger partial charge on any atom is 0.139 e. The molecule has 0 radical (unpaired) electrons. The molecule has 1 aromatic heterocycles. The van der Waals surface area contributed by atoms with Gasteiger partial charge in [0.1, 0.15) is 28.6 Å². The van der Waals surface area contributed by atoms with Gasteiger partial charge in [0.05, 0.1) is 12.7 Å². The largest absolute Gasteiger partial charge is 0.507 e. The van der Waals surface area contributed by atoms with Crippen LogP contribution in [0.25, 0.3) is 40.0 Å².